The number of hydrogen-bond acceptors (Lipinski definition) is 5. The highest BCUT2D eigenvalue weighted by Gasteiger charge is 2.65. The minimum Gasteiger partial charge on any atom is -0.406 e. The molecule has 4 amide bonds. The van der Waals surface area contributed by atoms with Crippen LogP contribution in [0.3, 0.4) is 0 Å². The van der Waals surface area contributed by atoms with E-state index in [1.54, 1.807) is 6.07 Å². The molecule has 30 heavy (non-hydrogen) atoms. The molecule has 1 aromatic heterocycles. The summed E-state index contributed by atoms with van der Waals surface area (Å²) in [4.78, 5) is 43.5. The van der Waals surface area contributed by atoms with Gasteiger partial charge in [-0.1, -0.05) is 0 Å². The van der Waals surface area contributed by atoms with Gasteiger partial charge in [0, 0.05) is 12.7 Å². The Balaban J connectivity index is 1.59. The lowest BCUT2D eigenvalue weighted by molar-refractivity contribution is -0.274. The number of carbonyl (C=O) groups excluding carboxylic acids is 3. The monoisotopic (exact) mass is 420 g/mol. The van der Waals surface area contributed by atoms with E-state index in [4.69, 9.17) is 5.73 Å². The highest BCUT2D eigenvalue weighted by atomic mass is 19.4. The summed E-state index contributed by atoms with van der Waals surface area (Å²) in [5.41, 5.74) is 4.98. The van der Waals surface area contributed by atoms with Crippen LogP contribution < -0.4 is 15.4 Å². The van der Waals surface area contributed by atoms with E-state index in [-0.39, 0.29) is 17.9 Å². The highest BCUT2D eigenvalue weighted by molar-refractivity contribution is 6.24. The number of pyridine rings is 1. The van der Waals surface area contributed by atoms with Crippen molar-refractivity contribution in [2.45, 2.75) is 31.3 Å². The molecule has 0 bridgehead atoms. The van der Waals surface area contributed by atoms with E-state index < -0.39 is 35.5 Å². The van der Waals surface area contributed by atoms with Crippen LogP contribution in [0.2, 0.25) is 0 Å². The van der Waals surface area contributed by atoms with Gasteiger partial charge in [-0.25, -0.2) is 9.69 Å². The van der Waals surface area contributed by atoms with Gasteiger partial charge in [-0.3, -0.25) is 14.6 Å². The maximum absolute atomic E-state index is 13.0. The molecule has 4 rings (SSSR count). The Morgan fingerprint density at radius 1 is 1.17 bits per heavy atom. The van der Waals surface area contributed by atoms with Crippen molar-refractivity contribution in [3.8, 4) is 5.75 Å². The Morgan fingerprint density at radius 2 is 1.83 bits per heavy atom. The number of halogens is 3. The van der Waals surface area contributed by atoms with Gasteiger partial charge in [-0.15, -0.1) is 13.2 Å². The number of benzene rings is 1. The summed E-state index contributed by atoms with van der Waals surface area (Å²) in [7, 11) is 0. The van der Waals surface area contributed by atoms with Gasteiger partial charge >= 0.3 is 12.4 Å². The van der Waals surface area contributed by atoms with Gasteiger partial charge in [0.15, 0.2) is 0 Å². The smallest absolute Gasteiger partial charge is 0.406 e. The Hall–Kier alpha value is -3.63. The maximum atomic E-state index is 13.0. The second-order valence-electron chi connectivity index (χ2n) is 7.00. The van der Waals surface area contributed by atoms with E-state index in [0.717, 1.165) is 17.0 Å². The van der Waals surface area contributed by atoms with Gasteiger partial charge in [0.25, 0.3) is 11.8 Å². The van der Waals surface area contributed by atoms with Gasteiger partial charge < -0.3 is 15.4 Å². The van der Waals surface area contributed by atoms with Gasteiger partial charge in [-0.2, -0.15) is 0 Å². The number of anilines is 1. The fourth-order valence-corrected chi connectivity index (χ4v) is 3.45. The van der Waals surface area contributed by atoms with Crippen molar-refractivity contribution >= 4 is 23.5 Å². The minimum absolute atomic E-state index is 0.0347. The third-order valence-electron chi connectivity index (χ3n) is 5.01. The highest BCUT2D eigenvalue weighted by Crippen LogP contribution is 2.49. The molecule has 1 saturated carbocycles. The second-order valence-corrected chi connectivity index (χ2v) is 7.00. The molecule has 156 valence electrons. The van der Waals surface area contributed by atoms with Crippen LogP contribution in [0.1, 0.15) is 28.9 Å². The molecule has 0 unspecified atom stereocenters. The van der Waals surface area contributed by atoms with Gasteiger partial charge in [0.2, 0.25) is 0 Å². The summed E-state index contributed by atoms with van der Waals surface area (Å²) in [5, 5.41) is 0. The molecule has 1 aliphatic carbocycles. The predicted molar refractivity (Wildman–Crippen MR) is 96.3 cm³/mol. The summed E-state index contributed by atoms with van der Waals surface area (Å²) < 4.78 is 40.8. The molecule has 11 heteroatoms. The van der Waals surface area contributed by atoms with Crippen LogP contribution in [0.15, 0.2) is 42.6 Å². The number of carbonyl (C=O) groups is 3. The molecule has 1 aromatic carbocycles. The number of primary amides is 1. The topological polar surface area (TPSA) is 106 Å². The number of nitrogens with zero attached hydrogens (tertiary/aromatic N) is 3. The molecular weight excluding hydrogens is 405 g/mol. The molecule has 1 saturated heterocycles. The Bertz CT molecular complexity index is 1030. The zero-order valence-corrected chi connectivity index (χ0v) is 15.3. The SMILES string of the molecule is NC(=O)c1cc(CN2C(=O)N(c3ccc(OC(F)(F)F)cc3)C(=O)C23CC3)ccn1. The Labute approximate surface area is 168 Å². The fraction of sp³-hybridized carbons (Fsp3) is 0.263. The molecule has 2 N–H and O–H groups in total. The number of rotatable bonds is 5. The third kappa shape index (κ3) is 3.42. The first kappa shape index (κ1) is 19.7. The molecule has 0 radical (unpaired) electrons. The molecule has 2 fully saturated rings. The molecule has 0 atom stereocenters. The lowest BCUT2D eigenvalue weighted by Gasteiger charge is -2.21. The van der Waals surface area contributed by atoms with Crippen LogP contribution in [0.25, 0.3) is 0 Å². The Kier molecular flexibility index (Phi) is 4.40. The van der Waals surface area contributed by atoms with Crippen LogP contribution in [0.5, 0.6) is 5.75 Å². The van der Waals surface area contributed by atoms with E-state index in [1.807, 2.05) is 0 Å². The van der Waals surface area contributed by atoms with E-state index in [1.165, 1.54) is 29.3 Å². The molecule has 8 nitrogen and oxygen atoms in total. The first-order valence-electron chi connectivity index (χ1n) is 8.87. The van der Waals surface area contributed by atoms with Crippen LogP contribution in [0, 0.1) is 0 Å². The van der Waals surface area contributed by atoms with Crippen molar-refractivity contribution in [1.82, 2.24) is 9.88 Å². The summed E-state index contributed by atoms with van der Waals surface area (Å²) >= 11 is 0. The zero-order valence-electron chi connectivity index (χ0n) is 15.3. The summed E-state index contributed by atoms with van der Waals surface area (Å²) in [6.45, 7) is 0.0547. The van der Waals surface area contributed by atoms with E-state index in [0.29, 0.717) is 18.4 Å². The van der Waals surface area contributed by atoms with Crippen molar-refractivity contribution in [1.29, 1.82) is 0 Å². The van der Waals surface area contributed by atoms with Crippen LogP contribution in [-0.2, 0) is 11.3 Å². The van der Waals surface area contributed by atoms with Crippen molar-refractivity contribution in [2.24, 2.45) is 5.73 Å². The summed E-state index contributed by atoms with van der Waals surface area (Å²) in [6.07, 6.45) is -2.52. The lowest BCUT2D eigenvalue weighted by Crippen LogP contribution is -2.36. The van der Waals surface area contributed by atoms with Crippen LogP contribution >= 0.6 is 0 Å². The largest absolute Gasteiger partial charge is 0.573 e. The first-order chi connectivity index (χ1) is 14.1. The number of imide groups is 1. The summed E-state index contributed by atoms with van der Waals surface area (Å²) in [6, 6.07) is 6.96. The van der Waals surface area contributed by atoms with Crippen molar-refractivity contribution in [3.05, 3.63) is 53.9 Å². The number of nitrogens with two attached hydrogens (primary N) is 1. The fourth-order valence-electron chi connectivity index (χ4n) is 3.45. The number of urea groups is 1. The number of ether oxygens (including phenoxy) is 1. The first-order valence-corrected chi connectivity index (χ1v) is 8.87. The summed E-state index contributed by atoms with van der Waals surface area (Å²) in [5.74, 6) is -1.62. The molecular formula is C19H15F3N4O4. The number of alkyl halides is 3. The second kappa shape index (κ2) is 6.71. The molecule has 2 heterocycles. The third-order valence-corrected chi connectivity index (χ3v) is 5.01. The van der Waals surface area contributed by atoms with E-state index in [2.05, 4.69) is 9.72 Å². The predicted octanol–water partition coefficient (Wildman–Crippen LogP) is 2.58. The Morgan fingerprint density at radius 3 is 2.40 bits per heavy atom. The van der Waals surface area contributed by atoms with Gasteiger partial charge in [-0.05, 0) is 54.8 Å². The molecule has 2 aliphatic rings. The van der Waals surface area contributed by atoms with Gasteiger partial charge in [0.1, 0.15) is 17.0 Å². The average molecular weight is 420 g/mol. The van der Waals surface area contributed by atoms with E-state index in [9.17, 15) is 27.6 Å². The zero-order chi connectivity index (χ0) is 21.7. The molecule has 2 aromatic rings. The van der Waals surface area contributed by atoms with Crippen LogP contribution in [0.4, 0.5) is 23.7 Å². The maximum Gasteiger partial charge on any atom is 0.573 e. The quantitative estimate of drug-likeness (QED) is 0.749. The number of aromatic nitrogens is 1. The minimum atomic E-state index is -4.84. The van der Waals surface area contributed by atoms with E-state index >= 15 is 0 Å². The van der Waals surface area contributed by atoms with Crippen LogP contribution in [-0.4, -0.2) is 39.6 Å². The number of hydrogen-bond donors (Lipinski definition) is 1. The standard InChI is InChI=1S/C19H15F3N4O4/c20-19(21,22)30-13-3-1-12(2-4-13)26-16(28)18(6-7-18)25(17(26)29)10-11-5-8-24-14(9-11)15(23)27/h1-5,8-9H,6-7,10H2,(H2,23,27). The van der Waals surface area contributed by atoms with Gasteiger partial charge in [0.05, 0.1) is 5.69 Å². The molecule has 1 aliphatic heterocycles. The normalized spacial score (nSPS) is 17.6. The lowest BCUT2D eigenvalue weighted by atomic mass is 10.1. The molecule has 1 spiro atoms. The van der Waals surface area contributed by atoms with Crippen molar-refractivity contribution in [2.75, 3.05) is 4.90 Å². The number of amides is 4. The van der Waals surface area contributed by atoms with Crippen molar-refractivity contribution < 1.29 is 32.3 Å². The van der Waals surface area contributed by atoms with Crippen molar-refractivity contribution in [3.63, 3.8) is 0 Å². The average Bonchev–Trinajstić information content (AvgIpc) is 3.45.